The van der Waals surface area contributed by atoms with Gasteiger partial charge in [-0.2, -0.15) is 0 Å². The summed E-state index contributed by atoms with van der Waals surface area (Å²) in [6.45, 7) is 1.09. The molecule has 0 spiro atoms. The van der Waals surface area contributed by atoms with Crippen molar-refractivity contribution in [2.75, 3.05) is 7.11 Å². The number of hydrogen-bond acceptors (Lipinski definition) is 2. The lowest BCUT2D eigenvalue weighted by Crippen LogP contribution is -1.97. The zero-order valence-electron chi connectivity index (χ0n) is 9.11. The maximum absolute atomic E-state index is 5.26. The smallest absolute Gasteiger partial charge is 0.135 e. The van der Waals surface area contributed by atoms with Crippen LogP contribution < -0.4 is 4.74 Å². The second-order valence-corrected chi connectivity index (χ2v) is 5.17. The molecule has 1 aliphatic rings. The van der Waals surface area contributed by atoms with E-state index in [0.29, 0.717) is 0 Å². The van der Waals surface area contributed by atoms with E-state index in [0.717, 1.165) is 28.2 Å². The van der Waals surface area contributed by atoms with Crippen LogP contribution in [0.2, 0.25) is 0 Å². The number of aromatic nitrogens is 2. The van der Waals surface area contributed by atoms with E-state index in [1.165, 1.54) is 18.4 Å². The lowest BCUT2D eigenvalue weighted by Gasteiger charge is -2.05. The van der Waals surface area contributed by atoms with Gasteiger partial charge in [-0.3, -0.25) is 0 Å². The first-order valence-corrected chi connectivity index (χ1v) is 6.25. The molecule has 0 N–H and O–H groups in total. The molecule has 16 heavy (non-hydrogen) atoms. The fourth-order valence-electron chi connectivity index (χ4n) is 1.94. The van der Waals surface area contributed by atoms with Crippen molar-refractivity contribution in [2.24, 2.45) is 5.92 Å². The molecule has 1 aromatic carbocycles. The summed E-state index contributed by atoms with van der Waals surface area (Å²) in [5.41, 5.74) is 2.18. The Balaban J connectivity index is 2.07. The van der Waals surface area contributed by atoms with Crippen LogP contribution in [0, 0.1) is 5.92 Å². The highest BCUT2D eigenvalue weighted by Crippen LogP contribution is 2.34. The van der Waals surface area contributed by atoms with E-state index in [-0.39, 0.29) is 0 Å². The summed E-state index contributed by atoms with van der Waals surface area (Å²) in [5, 5.41) is 0. The van der Waals surface area contributed by atoms with Crippen molar-refractivity contribution >= 4 is 27.0 Å². The lowest BCUT2D eigenvalue weighted by atomic mass is 10.3. The minimum atomic E-state index is 0.837. The molecule has 4 heteroatoms. The average molecular weight is 281 g/mol. The number of rotatable bonds is 3. The Morgan fingerprint density at radius 2 is 2.31 bits per heavy atom. The van der Waals surface area contributed by atoms with Gasteiger partial charge in [0.1, 0.15) is 5.75 Å². The molecule has 0 unspecified atom stereocenters. The predicted molar refractivity (Wildman–Crippen MR) is 66.7 cm³/mol. The summed E-state index contributed by atoms with van der Waals surface area (Å²) < 4.78 is 8.48. The third-order valence-corrected chi connectivity index (χ3v) is 3.67. The summed E-state index contributed by atoms with van der Waals surface area (Å²) in [4.78, 5) is 4.41. The monoisotopic (exact) mass is 280 g/mol. The van der Waals surface area contributed by atoms with Gasteiger partial charge in [0, 0.05) is 12.6 Å². The summed E-state index contributed by atoms with van der Waals surface area (Å²) in [6, 6.07) is 4.06. The van der Waals surface area contributed by atoms with Gasteiger partial charge >= 0.3 is 0 Å². The van der Waals surface area contributed by atoms with Crippen molar-refractivity contribution in [2.45, 2.75) is 19.4 Å². The van der Waals surface area contributed by atoms with Crippen LogP contribution in [0.1, 0.15) is 12.8 Å². The Hall–Kier alpha value is -1.03. The van der Waals surface area contributed by atoms with Crippen molar-refractivity contribution in [3.8, 4) is 5.75 Å². The predicted octanol–water partition coefficient (Wildman–Crippen LogP) is 3.22. The summed E-state index contributed by atoms with van der Waals surface area (Å²) in [7, 11) is 1.67. The average Bonchev–Trinajstić information content (AvgIpc) is 3.01. The molecule has 1 saturated carbocycles. The third-order valence-electron chi connectivity index (χ3n) is 3.05. The number of halogens is 1. The molecule has 0 bridgehead atoms. The van der Waals surface area contributed by atoms with E-state index < -0.39 is 0 Å². The van der Waals surface area contributed by atoms with E-state index in [1.54, 1.807) is 7.11 Å². The van der Waals surface area contributed by atoms with E-state index in [4.69, 9.17) is 4.74 Å². The molecule has 84 valence electrons. The van der Waals surface area contributed by atoms with Crippen LogP contribution in [-0.2, 0) is 6.54 Å². The zero-order chi connectivity index (χ0) is 11.1. The maximum atomic E-state index is 5.26. The topological polar surface area (TPSA) is 27.1 Å². The Bertz CT molecular complexity index is 531. The third kappa shape index (κ3) is 1.71. The molecule has 1 aliphatic carbocycles. The van der Waals surface area contributed by atoms with Crippen LogP contribution >= 0.6 is 15.9 Å². The van der Waals surface area contributed by atoms with E-state index in [2.05, 4.69) is 31.5 Å². The highest BCUT2D eigenvalue weighted by atomic mass is 79.9. The number of nitrogens with zero attached hydrogens (tertiary/aromatic N) is 2. The fourth-order valence-corrected chi connectivity index (χ4v) is 2.43. The number of hydrogen-bond donors (Lipinski definition) is 0. The quantitative estimate of drug-likeness (QED) is 0.863. The van der Waals surface area contributed by atoms with E-state index in [9.17, 15) is 0 Å². The Morgan fingerprint density at radius 1 is 1.50 bits per heavy atom. The van der Waals surface area contributed by atoms with Gasteiger partial charge in [-0.05, 0) is 40.8 Å². The molecule has 2 aromatic rings. The standard InChI is InChI=1S/C12H13BrN2O/c1-16-12-5-10-11(4-9(12)13)15(7-14-10)6-8-2-3-8/h4-5,7-8H,2-3,6H2,1H3. The van der Waals surface area contributed by atoms with Crippen molar-refractivity contribution in [1.82, 2.24) is 9.55 Å². The molecule has 0 radical (unpaired) electrons. The van der Waals surface area contributed by atoms with Gasteiger partial charge in [-0.1, -0.05) is 0 Å². The first-order chi connectivity index (χ1) is 7.78. The number of imidazole rings is 1. The number of ether oxygens (including phenoxy) is 1. The second kappa shape index (κ2) is 3.77. The minimum absolute atomic E-state index is 0.837. The number of methoxy groups -OCH3 is 1. The van der Waals surface area contributed by atoms with Crippen LogP contribution in [0.4, 0.5) is 0 Å². The second-order valence-electron chi connectivity index (χ2n) is 4.32. The van der Waals surface area contributed by atoms with Gasteiger partial charge < -0.3 is 9.30 Å². The molecule has 3 nitrogen and oxygen atoms in total. The number of fused-ring (bicyclic) bond motifs is 1. The van der Waals surface area contributed by atoms with Gasteiger partial charge in [0.25, 0.3) is 0 Å². The highest BCUT2D eigenvalue weighted by Gasteiger charge is 2.22. The molecule has 0 atom stereocenters. The van der Waals surface area contributed by atoms with Crippen molar-refractivity contribution in [3.05, 3.63) is 22.9 Å². The number of benzene rings is 1. The molecule has 0 saturated heterocycles. The molecule has 1 aromatic heterocycles. The zero-order valence-corrected chi connectivity index (χ0v) is 10.7. The van der Waals surface area contributed by atoms with E-state index >= 15 is 0 Å². The van der Waals surface area contributed by atoms with Crippen LogP contribution in [0.5, 0.6) is 5.75 Å². The first kappa shape index (κ1) is 10.1. The highest BCUT2D eigenvalue weighted by molar-refractivity contribution is 9.10. The molecule has 0 amide bonds. The van der Waals surface area contributed by atoms with Crippen LogP contribution in [0.15, 0.2) is 22.9 Å². The van der Waals surface area contributed by atoms with Gasteiger partial charge in [-0.15, -0.1) is 0 Å². The maximum Gasteiger partial charge on any atom is 0.135 e. The SMILES string of the molecule is COc1cc2ncn(CC3CC3)c2cc1Br. The van der Waals surface area contributed by atoms with Gasteiger partial charge in [0.15, 0.2) is 0 Å². The largest absolute Gasteiger partial charge is 0.495 e. The summed E-state index contributed by atoms with van der Waals surface area (Å²) in [6.07, 6.45) is 4.64. The van der Waals surface area contributed by atoms with Crippen molar-refractivity contribution in [3.63, 3.8) is 0 Å². The van der Waals surface area contributed by atoms with Crippen LogP contribution in [-0.4, -0.2) is 16.7 Å². The minimum Gasteiger partial charge on any atom is -0.495 e. The summed E-state index contributed by atoms with van der Waals surface area (Å²) in [5.74, 6) is 1.70. The van der Waals surface area contributed by atoms with Crippen molar-refractivity contribution in [1.29, 1.82) is 0 Å². The van der Waals surface area contributed by atoms with Gasteiger partial charge in [0.05, 0.1) is 28.9 Å². The Kier molecular flexibility index (Phi) is 2.39. The normalized spacial score (nSPS) is 15.6. The van der Waals surface area contributed by atoms with Crippen LogP contribution in [0.3, 0.4) is 0 Å². The molecule has 1 heterocycles. The van der Waals surface area contributed by atoms with Crippen molar-refractivity contribution < 1.29 is 4.74 Å². The molecule has 3 rings (SSSR count). The van der Waals surface area contributed by atoms with Gasteiger partial charge in [0.2, 0.25) is 0 Å². The molecule has 0 aliphatic heterocycles. The fraction of sp³-hybridized carbons (Fsp3) is 0.417. The molecular weight excluding hydrogens is 268 g/mol. The lowest BCUT2D eigenvalue weighted by molar-refractivity contribution is 0.412. The first-order valence-electron chi connectivity index (χ1n) is 5.46. The Labute approximate surface area is 103 Å². The molecular formula is C12H13BrN2O. The summed E-state index contributed by atoms with van der Waals surface area (Å²) >= 11 is 3.51. The Morgan fingerprint density at radius 3 is 3.00 bits per heavy atom. The van der Waals surface area contributed by atoms with Crippen LogP contribution in [0.25, 0.3) is 11.0 Å². The van der Waals surface area contributed by atoms with Gasteiger partial charge in [-0.25, -0.2) is 4.98 Å². The van der Waals surface area contributed by atoms with E-state index in [1.807, 2.05) is 12.4 Å². The molecule has 1 fully saturated rings.